The van der Waals surface area contributed by atoms with E-state index in [0.717, 1.165) is 35.1 Å². The molecule has 2 N–H and O–H groups in total. The Morgan fingerprint density at radius 2 is 1.67 bits per heavy atom. The molecule has 0 aliphatic heterocycles. The van der Waals surface area contributed by atoms with Crippen LogP contribution < -0.4 is 5.73 Å². The summed E-state index contributed by atoms with van der Waals surface area (Å²) in [7, 11) is 0. The fraction of sp³-hybridized carbons (Fsp3) is 0.316. The van der Waals surface area contributed by atoms with E-state index >= 15 is 0 Å². The largest absolute Gasteiger partial charge is 0.398 e. The lowest BCUT2D eigenvalue weighted by Gasteiger charge is -2.12. The standard InChI is InChI=1S/C19H23NO/c1-5-14-7-8-15(6-2)17(10-14)19(21)16-11-18(20)13(4)9-12(16)3/h7-11H,5-6,20H2,1-4H3. The van der Waals surface area contributed by atoms with Gasteiger partial charge in [0.05, 0.1) is 0 Å². The monoisotopic (exact) mass is 281 g/mol. The quantitative estimate of drug-likeness (QED) is 0.673. The summed E-state index contributed by atoms with van der Waals surface area (Å²) in [4.78, 5) is 12.9. The van der Waals surface area contributed by atoms with Crippen molar-refractivity contribution in [2.75, 3.05) is 5.73 Å². The maximum atomic E-state index is 12.9. The normalized spacial score (nSPS) is 10.7. The smallest absolute Gasteiger partial charge is 0.193 e. The molecule has 0 fully saturated rings. The lowest BCUT2D eigenvalue weighted by molar-refractivity contribution is 0.103. The van der Waals surface area contributed by atoms with Crippen LogP contribution in [0.2, 0.25) is 0 Å². The molecule has 0 unspecified atom stereocenters. The van der Waals surface area contributed by atoms with Gasteiger partial charge in [0, 0.05) is 16.8 Å². The van der Waals surface area contributed by atoms with Crippen LogP contribution in [0.15, 0.2) is 30.3 Å². The van der Waals surface area contributed by atoms with E-state index < -0.39 is 0 Å². The molecule has 0 heterocycles. The highest BCUT2D eigenvalue weighted by Gasteiger charge is 2.16. The number of carbonyl (C=O) groups excluding carboxylic acids is 1. The number of aryl methyl sites for hydroxylation is 4. The molecule has 0 saturated carbocycles. The molecular weight excluding hydrogens is 258 g/mol. The highest BCUT2D eigenvalue weighted by atomic mass is 16.1. The van der Waals surface area contributed by atoms with Gasteiger partial charge < -0.3 is 5.73 Å². The van der Waals surface area contributed by atoms with Crippen molar-refractivity contribution in [3.05, 3.63) is 63.7 Å². The molecule has 2 nitrogen and oxygen atoms in total. The van der Waals surface area contributed by atoms with Crippen LogP contribution in [-0.4, -0.2) is 5.78 Å². The van der Waals surface area contributed by atoms with Crippen molar-refractivity contribution in [2.45, 2.75) is 40.5 Å². The lowest BCUT2D eigenvalue weighted by Crippen LogP contribution is -2.09. The summed E-state index contributed by atoms with van der Waals surface area (Å²) in [6.45, 7) is 8.11. The van der Waals surface area contributed by atoms with Crippen molar-refractivity contribution in [3.8, 4) is 0 Å². The number of nitrogens with two attached hydrogens (primary N) is 1. The SMILES string of the molecule is CCc1ccc(CC)c(C(=O)c2cc(N)c(C)cc2C)c1. The number of anilines is 1. The minimum absolute atomic E-state index is 0.0753. The van der Waals surface area contributed by atoms with Gasteiger partial charge in [0.15, 0.2) is 5.78 Å². The number of hydrogen-bond donors (Lipinski definition) is 1. The molecule has 21 heavy (non-hydrogen) atoms. The lowest BCUT2D eigenvalue weighted by atomic mass is 9.91. The van der Waals surface area contributed by atoms with Gasteiger partial charge in [-0.1, -0.05) is 32.0 Å². The first-order valence-corrected chi connectivity index (χ1v) is 7.51. The first-order chi connectivity index (χ1) is 9.97. The van der Waals surface area contributed by atoms with Crippen molar-refractivity contribution in [3.63, 3.8) is 0 Å². The molecule has 0 atom stereocenters. The molecule has 0 radical (unpaired) electrons. The number of rotatable bonds is 4. The van der Waals surface area contributed by atoms with Crippen molar-refractivity contribution in [1.82, 2.24) is 0 Å². The topological polar surface area (TPSA) is 43.1 Å². The number of nitrogen functional groups attached to an aromatic ring is 1. The van der Waals surface area contributed by atoms with Gasteiger partial charge in [-0.2, -0.15) is 0 Å². The van der Waals surface area contributed by atoms with Gasteiger partial charge in [-0.25, -0.2) is 0 Å². The van der Waals surface area contributed by atoms with E-state index in [1.165, 1.54) is 5.56 Å². The molecule has 2 aromatic rings. The van der Waals surface area contributed by atoms with Crippen LogP contribution in [0, 0.1) is 13.8 Å². The average molecular weight is 281 g/mol. The van der Waals surface area contributed by atoms with E-state index in [9.17, 15) is 4.79 Å². The Labute approximate surface area is 127 Å². The highest BCUT2D eigenvalue weighted by Crippen LogP contribution is 2.23. The second kappa shape index (κ2) is 6.13. The minimum Gasteiger partial charge on any atom is -0.398 e. The Bertz CT molecular complexity index is 686. The summed E-state index contributed by atoms with van der Waals surface area (Å²) in [6.07, 6.45) is 1.78. The number of benzene rings is 2. The summed E-state index contributed by atoms with van der Waals surface area (Å²) in [5, 5.41) is 0. The third-order valence-electron chi connectivity index (χ3n) is 4.07. The zero-order chi connectivity index (χ0) is 15.6. The van der Waals surface area contributed by atoms with E-state index in [-0.39, 0.29) is 5.78 Å². The van der Waals surface area contributed by atoms with E-state index in [1.807, 2.05) is 32.0 Å². The van der Waals surface area contributed by atoms with Crippen molar-refractivity contribution in [1.29, 1.82) is 0 Å². The Morgan fingerprint density at radius 3 is 2.29 bits per heavy atom. The van der Waals surface area contributed by atoms with Gasteiger partial charge in [0.25, 0.3) is 0 Å². The molecule has 0 saturated heterocycles. The van der Waals surface area contributed by atoms with E-state index in [1.54, 1.807) is 0 Å². The summed E-state index contributed by atoms with van der Waals surface area (Å²) in [5.41, 5.74) is 12.5. The summed E-state index contributed by atoms with van der Waals surface area (Å²) in [5.74, 6) is 0.0753. The predicted molar refractivity (Wildman–Crippen MR) is 89.0 cm³/mol. The molecule has 2 rings (SSSR count). The molecule has 0 aliphatic rings. The van der Waals surface area contributed by atoms with Crippen LogP contribution in [0.3, 0.4) is 0 Å². The summed E-state index contributed by atoms with van der Waals surface area (Å²) in [6, 6.07) is 9.99. The van der Waals surface area contributed by atoms with Crippen molar-refractivity contribution in [2.24, 2.45) is 0 Å². The Hall–Kier alpha value is -2.09. The van der Waals surface area contributed by atoms with Gasteiger partial charge >= 0.3 is 0 Å². The fourth-order valence-corrected chi connectivity index (χ4v) is 2.62. The first-order valence-electron chi connectivity index (χ1n) is 7.51. The second-order valence-electron chi connectivity index (χ2n) is 5.55. The molecule has 2 aromatic carbocycles. The van der Waals surface area contributed by atoms with Crippen LogP contribution >= 0.6 is 0 Å². The predicted octanol–water partition coefficient (Wildman–Crippen LogP) is 4.24. The number of hydrogen-bond acceptors (Lipinski definition) is 2. The minimum atomic E-state index is 0.0753. The van der Waals surface area contributed by atoms with Crippen LogP contribution in [0.1, 0.15) is 52.0 Å². The average Bonchev–Trinajstić information content (AvgIpc) is 2.49. The maximum Gasteiger partial charge on any atom is 0.193 e. The molecular formula is C19H23NO. The molecule has 0 spiro atoms. The third kappa shape index (κ3) is 2.99. The maximum absolute atomic E-state index is 12.9. The van der Waals surface area contributed by atoms with E-state index in [4.69, 9.17) is 5.73 Å². The Balaban J connectivity index is 2.56. The van der Waals surface area contributed by atoms with Gasteiger partial charge in [0.1, 0.15) is 0 Å². The van der Waals surface area contributed by atoms with Crippen molar-refractivity contribution < 1.29 is 4.79 Å². The number of ketones is 1. The second-order valence-corrected chi connectivity index (χ2v) is 5.55. The zero-order valence-electron chi connectivity index (χ0n) is 13.3. The Kier molecular flexibility index (Phi) is 4.46. The Morgan fingerprint density at radius 1 is 0.952 bits per heavy atom. The molecule has 2 heteroatoms. The van der Waals surface area contributed by atoms with Crippen LogP contribution in [0.25, 0.3) is 0 Å². The van der Waals surface area contributed by atoms with Gasteiger partial charge in [-0.05, 0) is 61.1 Å². The first kappa shape index (κ1) is 15.3. The number of carbonyl (C=O) groups is 1. The third-order valence-corrected chi connectivity index (χ3v) is 4.07. The van der Waals surface area contributed by atoms with E-state index in [0.29, 0.717) is 11.3 Å². The van der Waals surface area contributed by atoms with Crippen LogP contribution in [0.5, 0.6) is 0 Å². The summed E-state index contributed by atoms with van der Waals surface area (Å²) >= 11 is 0. The van der Waals surface area contributed by atoms with Crippen LogP contribution in [-0.2, 0) is 12.8 Å². The fourth-order valence-electron chi connectivity index (χ4n) is 2.62. The van der Waals surface area contributed by atoms with E-state index in [2.05, 4.69) is 26.0 Å². The van der Waals surface area contributed by atoms with Gasteiger partial charge in [0.2, 0.25) is 0 Å². The molecule has 0 aliphatic carbocycles. The summed E-state index contributed by atoms with van der Waals surface area (Å²) < 4.78 is 0. The molecule has 110 valence electrons. The van der Waals surface area contributed by atoms with Crippen LogP contribution in [0.4, 0.5) is 5.69 Å². The van der Waals surface area contributed by atoms with Crippen molar-refractivity contribution >= 4 is 11.5 Å². The molecule has 0 bridgehead atoms. The van der Waals surface area contributed by atoms with Gasteiger partial charge in [-0.15, -0.1) is 0 Å². The zero-order valence-corrected chi connectivity index (χ0v) is 13.3. The van der Waals surface area contributed by atoms with Gasteiger partial charge in [-0.3, -0.25) is 4.79 Å². The molecule has 0 amide bonds. The molecule has 0 aromatic heterocycles. The highest BCUT2D eigenvalue weighted by molar-refractivity contribution is 6.11.